The van der Waals surface area contributed by atoms with Crippen LogP contribution in [0.5, 0.6) is 5.75 Å². The smallest absolute Gasteiger partial charge is 0.223 e. The first kappa shape index (κ1) is 15.3. The summed E-state index contributed by atoms with van der Waals surface area (Å²) in [6.45, 7) is 0.913. The zero-order valence-electron chi connectivity index (χ0n) is 11.3. The molecule has 20 heavy (non-hydrogen) atoms. The summed E-state index contributed by atoms with van der Waals surface area (Å²) < 4.78 is 6.43. The third-order valence-electron chi connectivity index (χ3n) is 3.60. The Morgan fingerprint density at radius 2 is 2.20 bits per heavy atom. The number of hydrogen-bond donors (Lipinski definition) is 2. The van der Waals surface area contributed by atoms with E-state index >= 15 is 0 Å². The molecule has 1 fully saturated rings. The van der Waals surface area contributed by atoms with Crippen LogP contribution in [0, 0.1) is 5.92 Å². The maximum Gasteiger partial charge on any atom is 0.223 e. The molecular weight excluding hydrogens is 322 g/mol. The first-order valence-electron chi connectivity index (χ1n) is 6.99. The van der Waals surface area contributed by atoms with Crippen LogP contribution in [0.2, 0.25) is 0 Å². The molecule has 0 bridgehead atoms. The van der Waals surface area contributed by atoms with Crippen molar-refractivity contribution in [2.45, 2.75) is 31.8 Å². The summed E-state index contributed by atoms with van der Waals surface area (Å²) in [6.07, 6.45) is 2.96. The van der Waals surface area contributed by atoms with Crippen molar-refractivity contribution in [2.75, 3.05) is 13.2 Å². The number of ether oxygens (including phenoxy) is 1. The summed E-state index contributed by atoms with van der Waals surface area (Å²) in [5.74, 6) is 0.922. The van der Waals surface area contributed by atoms with Crippen LogP contribution in [0.4, 0.5) is 0 Å². The first-order chi connectivity index (χ1) is 9.66. The van der Waals surface area contributed by atoms with Crippen molar-refractivity contribution in [3.63, 3.8) is 0 Å². The molecule has 2 N–H and O–H groups in total. The Kier molecular flexibility index (Phi) is 5.86. The minimum absolute atomic E-state index is 0.0313. The number of carbonyl (C=O) groups excluding carboxylic acids is 1. The number of aliphatic hydroxyl groups excluding tert-OH is 1. The molecule has 2 rings (SSSR count). The van der Waals surface area contributed by atoms with E-state index in [0.29, 0.717) is 19.6 Å². The lowest BCUT2D eigenvalue weighted by molar-refractivity contribution is -0.121. The predicted octanol–water partition coefficient (Wildman–Crippen LogP) is 2.50. The topological polar surface area (TPSA) is 58.6 Å². The average molecular weight is 342 g/mol. The summed E-state index contributed by atoms with van der Waals surface area (Å²) in [6, 6.07) is 7.56. The van der Waals surface area contributed by atoms with Crippen LogP contribution in [0.1, 0.15) is 25.7 Å². The van der Waals surface area contributed by atoms with E-state index in [1.165, 1.54) is 0 Å². The van der Waals surface area contributed by atoms with Crippen LogP contribution in [0.15, 0.2) is 28.7 Å². The molecule has 110 valence electrons. The van der Waals surface area contributed by atoms with Crippen molar-refractivity contribution in [3.8, 4) is 5.75 Å². The SMILES string of the molecule is O=C(CCOc1ccccc1Br)NCC1CCCC1O. The summed E-state index contributed by atoms with van der Waals surface area (Å²) >= 11 is 3.39. The van der Waals surface area contributed by atoms with Gasteiger partial charge in [-0.25, -0.2) is 0 Å². The lowest BCUT2D eigenvalue weighted by Gasteiger charge is -2.15. The molecule has 1 aromatic carbocycles. The maximum atomic E-state index is 11.7. The molecule has 4 nitrogen and oxygen atoms in total. The molecule has 2 atom stereocenters. The van der Waals surface area contributed by atoms with Crippen molar-refractivity contribution in [1.29, 1.82) is 0 Å². The summed E-state index contributed by atoms with van der Waals surface area (Å²) in [7, 11) is 0. The van der Waals surface area contributed by atoms with Gasteiger partial charge in [-0.2, -0.15) is 0 Å². The normalized spacial score (nSPS) is 21.7. The van der Waals surface area contributed by atoms with Gasteiger partial charge >= 0.3 is 0 Å². The van der Waals surface area contributed by atoms with Crippen molar-refractivity contribution in [2.24, 2.45) is 5.92 Å². The van der Waals surface area contributed by atoms with Crippen LogP contribution in [-0.4, -0.2) is 30.3 Å². The molecule has 1 saturated carbocycles. The van der Waals surface area contributed by atoms with Crippen molar-refractivity contribution in [3.05, 3.63) is 28.7 Å². The number of benzene rings is 1. The Bertz CT molecular complexity index is 452. The van der Waals surface area contributed by atoms with E-state index in [9.17, 15) is 9.90 Å². The Hall–Kier alpha value is -1.07. The largest absolute Gasteiger partial charge is 0.492 e. The number of para-hydroxylation sites is 1. The van der Waals surface area contributed by atoms with Crippen LogP contribution in [0.3, 0.4) is 0 Å². The van der Waals surface area contributed by atoms with Gasteiger partial charge in [0.25, 0.3) is 0 Å². The molecule has 0 radical (unpaired) electrons. The van der Waals surface area contributed by atoms with Gasteiger partial charge in [-0.15, -0.1) is 0 Å². The van der Waals surface area contributed by atoms with E-state index in [1.807, 2.05) is 24.3 Å². The van der Waals surface area contributed by atoms with Gasteiger partial charge in [0.05, 0.1) is 23.6 Å². The zero-order chi connectivity index (χ0) is 14.4. The second kappa shape index (κ2) is 7.64. The number of hydrogen-bond acceptors (Lipinski definition) is 3. The van der Waals surface area contributed by atoms with Crippen LogP contribution in [-0.2, 0) is 4.79 Å². The molecule has 1 aliphatic carbocycles. The molecule has 1 amide bonds. The van der Waals surface area contributed by atoms with E-state index in [4.69, 9.17) is 4.74 Å². The molecule has 0 heterocycles. The molecule has 1 aliphatic rings. The van der Waals surface area contributed by atoms with Gasteiger partial charge < -0.3 is 15.2 Å². The molecular formula is C15H20BrNO3. The fourth-order valence-corrected chi connectivity index (χ4v) is 2.80. The van der Waals surface area contributed by atoms with Crippen molar-refractivity contribution in [1.82, 2.24) is 5.32 Å². The van der Waals surface area contributed by atoms with Crippen LogP contribution in [0.25, 0.3) is 0 Å². The molecule has 0 aromatic heterocycles. The molecule has 0 aliphatic heterocycles. The fourth-order valence-electron chi connectivity index (χ4n) is 2.40. The Morgan fingerprint density at radius 3 is 2.90 bits per heavy atom. The Balaban J connectivity index is 1.64. The summed E-state index contributed by atoms with van der Waals surface area (Å²) in [5, 5.41) is 12.5. The second-order valence-corrected chi connectivity index (χ2v) is 5.95. The highest BCUT2D eigenvalue weighted by Crippen LogP contribution is 2.25. The number of amides is 1. The third kappa shape index (κ3) is 4.49. The highest BCUT2D eigenvalue weighted by Gasteiger charge is 2.25. The third-order valence-corrected chi connectivity index (χ3v) is 4.26. The van der Waals surface area contributed by atoms with Gasteiger partial charge in [-0.3, -0.25) is 4.79 Å². The van der Waals surface area contributed by atoms with Gasteiger partial charge in [-0.1, -0.05) is 18.6 Å². The molecule has 0 saturated heterocycles. The molecule has 0 spiro atoms. The number of nitrogens with one attached hydrogen (secondary N) is 1. The second-order valence-electron chi connectivity index (χ2n) is 5.09. The van der Waals surface area contributed by atoms with E-state index in [0.717, 1.165) is 29.5 Å². The fraction of sp³-hybridized carbons (Fsp3) is 0.533. The lowest BCUT2D eigenvalue weighted by atomic mass is 10.1. The van der Waals surface area contributed by atoms with Gasteiger partial charge in [0.1, 0.15) is 5.75 Å². The minimum Gasteiger partial charge on any atom is -0.492 e. The number of carbonyl (C=O) groups is 1. The number of halogens is 1. The van der Waals surface area contributed by atoms with E-state index in [-0.39, 0.29) is 17.9 Å². The van der Waals surface area contributed by atoms with Gasteiger partial charge in [0.2, 0.25) is 5.91 Å². The van der Waals surface area contributed by atoms with Gasteiger partial charge in [-0.05, 0) is 40.9 Å². The lowest BCUT2D eigenvalue weighted by Crippen LogP contribution is -2.33. The standard InChI is InChI=1S/C15H20BrNO3/c16-12-5-1-2-7-14(12)20-9-8-15(19)17-10-11-4-3-6-13(11)18/h1-2,5,7,11,13,18H,3-4,6,8-10H2,(H,17,19). The Labute approximate surface area is 127 Å². The van der Waals surface area contributed by atoms with Crippen molar-refractivity contribution < 1.29 is 14.6 Å². The highest BCUT2D eigenvalue weighted by atomic mass is 79.9. The minimum atomic E-state index is -0.258. The monoisotopic (exact) mass is 341 g/mol. The van der Waals surface area contributed by atoms with Gasteiger partial charge in [0.15, 0.2) is 0 Å². The summed E-state index contributed by atoms with van der Waals surface area (Å²) in [4.78, 5) is 11.7. The van der Waals surface area contributed by atoms with Crippen molar-refractivity contribution >= 4 is 21.8 Å². The Morgan fingerprint density at radius 1 is 1.40 bits per heavy atom. The van der Waals surface area contributed by atoms with E-state index in [2.05, 4.69) is 21.2 Å². The quantitative estimate of drug-likeness (QED) is 0.835. The first-order valence-corrected chi connectivity index (χ1v) is 7.78. The average Bonchev–Trinajstić information content (AvgIpc) is 2.84. The molecule has 2 unspecified atom stereocenters. The summed E-state index contributed by atoms with van der Waals surface area (Å²) in [5.41, 5.74) is 0. The van der Waals surface area contributed by atoms with Crippen LogP contribution >= 0.6 is 15.9 Å². The zero-order valence-corrected chi connectivity index (χ0v) is 12.9. The van der Waals surface area contributed by atoms with Crippen LogP contribution < -0.4 is 10.1 Å². The number of aliphatic hydroxyl groups is 1. The van der Waals surface area contributed by atoms with Gasteiger partial charge in [0, 0.05) is 12.5 Å². The maximum absolute atomic E-state index is 11.7. The molecule has 1 aromatic rings. The number of rotatable bonds is 6. The highest BCUT2D eigenvalue weighted by molar-refractivity contribution is 9.10. The van der Waals surface area contributed by atoms with E-state index < -0.39 is 0 Å². The molecule has 5 heteroatoms. The predicted molar refractivity (Wildman–Crippen MR) is 80.6 cm³/mol. The van der Waals surface area contributed by atoms with E-state index in [1.54, 1.807) is 0 Å².